The van der Waals surface area contributed by atoms with Crippen LogP contribution < -0.4 is 0 Å². The molecule has 0 bridgehead atoms. The molecule has 0 radical (unpaired) electrons. The molecule has 0 saturated heterocycles. The fourth-order valence-corrected chi connectivity index (χ4v) is 7.57. The molecule has 52 heavy (non-hydrogen) atoms. The summed E-state index contributed by atoms with van der Waals surface area (Å²) < 4.78 is 4.31. The van der Waals surface area contributed by atoms with Crippen molar-refractivity contribution in [2.75, 3.05) is 0 Å². The molecular weight excluding hydrogens is 637 g/mol. The fourth-order valence-electron chi connectivity index (χ4n) is 7.57. The molecular formula is C46H24N6. The highest BCUT2D eigenvalue weighted by Crippen LogP contribution is 2.41. The third-order valence-electron chi connectivity index (χ3n) is 9.85. The Balaban J connectivity index is 1.38. The summed E-state index contributed by atoms with van der Waals surface area (Å²) in [5.41, 5.74) is 10.3. The quantitative estimate of drug-likeness (QED) is 0.187. The molecule has 0 spiro atoms. The average Bonchev–Trinajstić information content (AvgIpc) is 3.72. The minimum Gasteiger partial charge on any atom is -0.309 e. The molecule has 0 saturated carbocycles. The van der Waals surface area contributed by atoms with E-state index >= 15 is 0 Å². The first-order valence-corrected chi connectivity index (χ1v) is 16.7. The van der Waals surface area contributed by atoms with Gasteiger partial charge in [-0.3, -0.25) is 0 Å². The van der Waals surface area contributed by atoms with Gasteiger partial charge in [-0.15, -0.1) is 0 Å². The number of rotatable bonds is 4. The van der Waals surface area contributed by atoms with Gasteiger partial charge in [0.2, 0.25) is 0 Å². The summed E-state index contributed by atoms with van der Waals surface area (Å²) in [7, 11) is 0. The van der Waals surface area contributed by atoms with Crippen molar-refractivity contribution in [2.45, 2.75) is 0 Å². The number of benzene rings is 7. The van der Waals surface area contributed by atoms with Crippen LogP contribution in [-0.2, 0) is 0 Å². The molecule has 0 unspecified atom stereocenters. The van der Waals surface area contributed by atoms with Crippen molar-refractivity contribution in [3.63, 3.8) is 0 Å². The molecule has 6 heteroatoms. The summed E-state index contributed by atoms with van der Waals surface area (Å²) in [6, 6.07) is 56.6. The third-order valence-corrected chi connectivity index (χ3v) is 9.85. The van der Waals surface area contributed by atoms with E-state index in [2.05, 4.69) is 51.6 Å². The van der Waals surface area contributed by atoms with Crippen LogP contribution in [0.5, 0.6) is 0 Å². The van der Waals surface area contributed by atoms with Gasteiger partial charge in [-0.1, -0.05) is 66.7 Å². The second-order valence-electron chi connectivity index (χ2n) is 12.6. The molecule has 0 amide bonds. The molecule has 0 aliphatic heterocycles. The van der Waals surface area contributed by atoms with Crippen LogP contribution in [0.4, 0.5) is 0 Å². The highest BCUT2D eigenvalue weighted by Gasteiger charge is 2.22. The van der Waals surface area contributed by atoms with Crippen LogP contribution in [0.1, 0.15) is 22.3 Å². The SMILES string of the molecule is N#Cc1ccc2c(c1)c1ccccc1n2-c1ccc(C#N)c(-c2cc(-n3c4ccccc4c4cc(C#N)ccc43)cc(-c3ccccc3)c2C#N)c1. The molecule has 0 fully saturated rings. The van der Waals surface area contributed by atoms with Gasteiger partial charge in [-0.2, -0.15) is 21.0 Å². The van der Waals surface area contributed by atoms with E-state index < -0.39 is 0 Å². The van der Waals surface area contributed by atoms with Crippen LogP contribution in [0.15, 0.2) is 146 Å². The minimum absolute atomic E-state index is 0.435. The van der Waals surface area contributed by atoms with E-state index in [9.17, 15) is 21.0 Å². The van der Waals surface area contributed by atoms with Gasteiger partial charge in [0, 0.05) is 49.6 Å². The van der Waals surface area contributed by atoms with E-state index in [1.807, 2.05) is 127 Å². The standard InChI is InChI=1S/C46H24N6/c47-25-29-14-18-45-40(20-29)35-10-4-6-12-43(35)51(45)33-17-16-32(27-49)38(22-33)39-24-34(23-37(42(39)28-50)31-8-2-1-3-9-31)52-44-13-7-5-11-36(44)41-21-30(26-48)15-19-46(41)52/h1-24H. The van der Waals surface area contributed by atoms with Gasteiger partial charge in [-0.05, 0) is 84.4 Å². The highest BCUT2D eigenvalue weighted by molar-refractivity contribution is 6.11. The number of fused-ring (bicyclic) bond motifs is 6. The van der Waals surface area contributed by atoms with Crippen molar-refractivity contribution >= 4 is 43.6 Å². The molecule has 0 aliphatic rings. The van der Waals surface area contributed by atoms with Gasteiger partial charge >= 0.3 is 0 Å². The normalized spacial score (nSPS) is 11.0. The first-order chi connectivity index (χ1) is 25.6. The monoisotopic (exact) mass is 660 g/mol. The Bertz CT molecular complexity index is 3120. The van der Waals surface area contributed by atoms with E-state index in [0.29, 0.717) is 33.4 Å². The molecule has 0 N–H and O–H groups in total. The van der Waals surface area contributed by atoms with E-state index in [4.69, 9.17) is 0 Å². The fraction of sp³-hybridized carbons (Fsp3) is 0. The topological polar surface area (TPSA) is 105 Å². The Morgan fingerprint density at radius 2 is 0.885 bits per heavy atom. The average molecular weight is 661 g/mol. The van der Waals surface area contributed by atoms with Crippen molar-refractivity contribution in [1.82, 2.24) is 9.13 Å². The summed E-state index contributed by atoms with van der Waals surface area (Å²) in [6.07, 6.45) is 0. The van der Waals surface area contributed by atoms with E-state index in [1.54, 1.807) is 0 Å². The van der Waals surface area contributed by atoms with Crippen molar-refractivity contribution in [3.05, 3.63) is 168 Å². The molecule has 2 aromatic heterocycles. The van der Waals surface area contributed by atoms with Gasteiger partial charge in [0.15, 0.2) is 0 Å². The van der Waals surface area contributed by atoms with E-state index in [-0.39, 0.29) is 0 Å². The predicted molar refractivity (Wildman–Crippen MR) is 205 cm³/mol. The predicted octanol–water partition coefficient (Wildman–Crippen LogP) is 10.7. The van der Waals surface area contributed by atoms with Crippen LogP contribution in [0.2, 0.25) is 0 Å². The Hall–Kier alpha value is -7.90. The first-order valence-electron chi connectivity index (χ1n) is 16.7. The van der Waals surface area contributed by atoms with Gasteiger partial charge in [0.05, 0.1) is 62.5 Å². The summed E-state index contributed by atoms with van der Waals surface area (Å²) in [4.78, 5) is 0. The lowest BCUT2D eigenvalue weighted by atomic mass is 9.89. The van der Waals surface area contributed by atoms with Gasteiger partial charge in [0.25, 0.3) is 0 Å². The van der Waals surface area contributed by atoms with E-state index in [1.165, 1.54) is 0 Å². The van der Waals surface area contributed by atoms with Gasteiger partial charge < -0.3 is 9.13 Å². The molecule has 238 valence electrons. The molecule has 0 aliphatic carbocycles. The summed E-state index contributed by atoms with van der Waals surface area (Å²) in [6.45, 7) is 0. The maximum Gasteiger partial charge on any atom is 0.100 e. The Kier molecular flexibility index (Phi) is 6.91. The Morgan fingerprint density at radius 3 is 1.46 bits per heavy atom. The second-order valence-corrected chi connectivity index (χ2v) is 12.6. The summed E-state index contributed by atoms with van der Waals surface area (Å²) in [5, 5.41) is 44.8. The molecule has 2 heterocycles. The summed E-state index contributed by atoms with van der Waals surface area (Å²) in [5.74, 6) is 0. The lowest BCUT2D eigenvalue weighted by Gasteiger charge is -2.18. The van der Waals surface area contributed by atoms with Crippen molar-refractivity contribution in [2.24, 2.45) is 0 Å². The van der Waals surface area contributed by atoms with Crippen molar-refractivity contribution in [3.8, 4) is 57.9 Å². The molecule has 9 aromatic rings. The number of para-hydroxylation sites is 2. The largest absolute Gasteiger partial charge is 0.309 e. The Morgan fingerprint density at radius 1 is 0.365 bits per heavy atom. The minimum atomic E-state index is 0.435. The van der Waals surface area contributed by atoms with Crippen LogP contribution >= 0.6 is 0 Å². The van der Waals surface area contributed by atoms with Crippen LogP contribution in [-0.4, -0.2) is 9.13 Å². The molecule has 6 nitrogen and oxygen atoms in total. The highest BCUT2D eigenvalue weighted by atomic mass is 15.0. The van der Waals surface area contributed by atoms with Crippen molar-refractivity contribution < 1.29 is 0 Å². The number of nitriles is 4. The second kappa shape index (κ2) is 11.9. The smallest absolute Gasteiger partial charge is 0.100 e. The number of hydrogen-bond acceptors (Lipinski definition) is 4. The molecule has 9 rings (SSSR count). The first kappa shape index (κ1) is 30.2. The van der Waals surface area contributed by atoms with Crippen molar-refractivity contribution in [1.29, 1.82) is 21.0 Å². The zero-order valence-corrected chi connectivity index (χ0v) is 27.5. The maximum absolute atomic E-state index is 10.9. The maximum atomic E-state index is 10.9. The lowest BCUT2D eigenvalue weighted by molar-refractivity contribution is 1.17. The third kappa shape index (κ3) is 4.54. The summed E-state index contributed by atoms with van der Waals surface area (Å²) >= 11 is 0. The van der Waals surface area contributed by atoms with Crippen LogP contribution in [0, 0.1) is 45.3 Å². The zero-order valence-electron chi connectivity index (χ0n) is 27.5. The number of hydrogen-bond donors (Lipinski definition) is 0. The zero-order chi connectivity index (χ0) is 35.3. The number of aromatic nitrogens is 2. The Labute approximate surface area is 298 Å². The van der Waals surface area contributed by atoms with E-state index in [0.717, 1.165) is 66.1 Å². The molecule has 7 aromatic carbocycles. The van der Waals surface area contributed by atoms with Gasteiger partial charge in [-0.25, -0.2) is 0 Å². The van der Waals surface area contributed by atoms with Crippen LogP contribution in [0.25, 0.3) is 77.2 Å². The molecule has 0 atom stereocenters. The van der Waals surface area contributed by atoms with Gasteiger partial charge in [0.1, 0.15) is 6.07 Å². The lowest BCUT2D eigenvalue weighted by Crippen LogP contribution is -2.01. The number of nitrogens with zero attached hydrogens (tertiary/aromatic N) is 6. The van der Waals surface area contributed by atoms with Crippen LogP contribution in [0.3, 0.4) is 0 Å².